The van der Waals surface area contributed by atoms with Gasteiger partial charge in [0.1, 0.15) is 0 Å². The second kappa shape index (κ2) is 9.80. The third-order valence-corrected chi connectivity index (χ3v) is 3.20. The van der Waals surface area contributed by atoms with Gasteiger partial charge >= 0.3 is 12.0 Å². The first-order valence-corrected chi connectivity index (χ1v) is 7.47. The number of carbonyl (C=O) groups excluding carboxylic acids is 1. The first-order valence-electron chi connectivity index (χ1n) is 7.47. The van der Waals surface area contributed by atoms with Crippen LogP contribution in [0.3, 0.4) is 0 Å². The predicted octanol–water partition coefficient (Wildman–Crippen LogP) is 3.41. The Kier molecular flexibility index (Phi) is 7.94. The van der Waals surface area contributed by atoms with Crippen molar-refractivity contribution < 1.29 is 14.7 Å². The molecule has 0 fully saturated rings. The summed E-state index contributed by atoms with van der Waals surface area (Å²) in [6.07, 6.45) is 4.54. The lowest BCUT2D eigenvalue weighted by molar-refractivity contribution is -0.137. The molecule has 5 heteroatoms. The van der Waals surface area contributed by atoms with Gasteiger partial charge < -0.3 is 15.7 Å². The maximum absolute atomic E-state index is 11.7. The number of rotatable bonds is 9. The van der Waals surface area contributed by atoms with E-state index in [0.29, 0.717) is 13.0 Å². The van der Waals surface area contributed by atoms with E-state index in [-0.39, 0.29) is 12.5 Å². The zero-order valence-electron chi connectivity index (χ0n) is 12.5. The lowest BCUT2D eigenvalue weighted by atomic mass is 10.1. The maximum Gasteiger partial charge on any atom is 0.319 e. The Morgan fingerprint density at radius 2 is 1.90 bits per heavy atom. The minimum Gasteiger partial charge on any atom is -0.481 e. The van der Waals surface area contributed by atoms with Crippen LogP contribution in [-0.2, 0) is 11.2 Å². The van der Waals surface area contributed by atoms with Crippen molar-refractivity contribution in [3.05, 3.63) is 29.8 Å². The van der Waals surface area contributed by atoms with Gasteiger partial charge in [0.15, 0.2) is 0 Å². The summed E-state index contributed by atoms with van der Waals surface area (Å²) in [6, 6.07) is 7.58. The van der Waals surface area contributed by atoms with Crippen LogP contribution in [0.15, 0.2) is 24.3 Å². The summed E-state index contributed by atoms with van der Waals surface area (Å²) >= 11 is 0. The van der Waals surface area contributed by atoms with Crippen molar-refractivity contribution in [1.29, 1.82) is 0 Å². The fourth-order valence-electron chi connectivity index (χ4n) is 2.00. The standard InChI is InChI=1S/C16H24N2O3/c1-2-13-8-7-9-14(12-13)18-16(21)17-11-6-4-3-5-10-15(19)20/h7-9,12H,2-6,10-11H2,1H3,(H,19,20)(H2,17,18,21). The number of hydrogen-bond acceptors (Lipinski definition) is 2. The van der Waals surface area contributed by atoms with E-state index in [9.17, 15) is 9.59 Å². The van der Waals surface area contributed by atoms with Gasteiger partial charge in [0.2, 0.25) is 0 Å². The molecule has 1 aromatic rings. The Morgan fingerprint density at radius 3 is 2.62 bits per heavy atom. The SMILES string of the molecule is CCc1cccc(NC(=O)NCCCCCCC(=O)O)c1. The molecule has 1 aromatic carbocycles. The monoisotopic (exact) mass is 292 g/mol. The van der Waals surface area contributed by atoms with Crippen molar-refractivity contribution in [1.82, 2.24) is 5.32 Å². The molecule has 1 rings (SSSR count). The molecule has 0 aromatic heterocycles. The normalized spacial score (nSPS) is 10.1. The number of amides is 2. The Balaban J connectivity index is 2.12. The topological polar surface area (TPSA) is 78.4 Å². The number of urea groups is 1. The van der Waals surface area contributed by atoms with Crippen LogP contribution in [0.2, 0.25) is 0 Å². The highest BCUT2D eigenvalue weighted by molar-refractivity contribution is 5.89. The van der Waals surface area contributed by atoms with Gasteiger partial charge in [0, 0.05) is 18.7 Å². The number of carbonyl (C=O) groups is 2. The smallest absolute Gasteiger partial charge is 0.319 e. The number of anilines is 1. The summed E-state index contributed by atoms with van der Waals surface area (Å²) in [5, 5.41) is 14.1. The average Bonchev–Trinajstić information content (AvgIpc) is 2.46. The number of benzene rings is 1. The predicted molar refractivity (Wildman–Crippen MR) is 83.6 cm³/mol. The largest absolute Gasteiger partial charge is 0.481 e. The number of carboxylic acids is 1. The average molecular weight is 292 g/mol. The lowest BCUT2D eigenvalue weighted by Crippen LogP contribution is -2.29. The number of carboxylic acid groups (broad SMARTS) is 1. The zero-order chi connectivity index (χ0) is 15.5. The van der Waals surface area contributed by atoms with Crippen molar-refractivity contribution in [3.8, 4) is 0 Å². The second-order valence-corrected chi connectivity index (χ2v) is 4.99. The number of unbranched alkanes of at least 4 members (excludes halogenated alkanes) is 3. The lowest BCUT2D eigenvalue weighted by Gasteiger charge is -2.08. The molecule has 2 amide bonds. The Labute approximate surface area is 125 Å². The number of nitrogens with one attached hydrogen (secondary N) is 2. The summed E-state index contributed by atoms with van der Waals surface area (Å²) < 4.78 is 0. The third-order valence-electron chi connectivity index (χ3n) is 3.20. The van der Waals surface area contributed by atoms with Crippen molar-refractivity contribution in [2.24, 2.45) is 0 Å². The molecule has 0 aliphatic heterocycles. The van der Waals surface area contributed by atoms with Crippen molar-refractivity contribution in [2.75, 3.05) is 11.9 Å². The van der Waals surface area contributed by atoms with Crippen molar-refractivity contribution >= 4 is 17.7 Å². The van der Waals surface area contributed by atoms with Crippen LogP contribution in [0.4, 0.5) is 10.5 Å². The molecular weight excluding hydrogens is 268 g/mol. The molecule has 0 saturated carbocycles. The van der Waals surface area contributed by atoms with Crippen LogP contribution >= 0.6 is 0 Å². The van der Waals surface area contributed by atoms with Crippen molar-refractivity contribution in [3.63, 3.8) is 0 Å². The minimum absolute atomic E-state index is 0.200. The van der Waals surface area contributed by atoms with E-state index in [1.54, 1.807) is 0 Å². The molecule has 0 bridgehead atoms. The maximum atomic E-state index is 11.7. The van der Waals surface area contributed by atoms with Crippen LogP contribution in [0, 0.1) is 0 Å². The second-order valence-electron chi connectivity index (χ2n) is 4.99. The fourth-order valence-corrected chi connectivity index (χ4v) is 2.00. The van der Waals surface area contributed by atoms with E-state index in [1.165, 1.54) is 5.56 Å². The first kappa shape index (κ1) is 17.0. The van der Waals surface area contributed by atoms with Gasteiger partial charge in [0.25, 0.3) is 0 Å². The molecule has 3 N–H and O–H groups in total. The molecule has 5 nitrogen and oxygen atoms in total. The van der Waals surface area contributed by atoms with Gasteiger partial charge in [-0.15, -0.1) is 0 Å². The van der Waals surface area contributed by atoms with E-state index < -0.39 is 5.97 Å². The van der Waals surface area contributed by atoms with E-state index in [1.807, 2.05) is 24.3 Å². The molecule has 0 aliphatic carbocycles. The number of hydrogen-bond donors (Lipinski definition) is 3. The van der Waals surface area contributed by atoms with Crippen LogP contribution in [0.5, 0.6) is 0 Å². The van der Waals surface area contributed by atoms with Crippen LogP contribution < -0.4 is 10.6 Å². The van der Waals surface area contributed by atoms with E-state index in [4.69, 9.17) is 5.11 Å². The Morgan fingerprint density at radius 1 is 1.14 bits per heavy atom. The summed E-state index contributed by atoms with van der Waals surface area (Å²) in [7, 11) is 0. The van der Waals surface area contributed by atoms with E-state index >= 15 is 0 Å². The van der Waals surface area contributed by atoms with Gasteiger partial charge in [-0.25, -0.2) is 4.79 Å². The zero-order valence-corrected chi connectivity index (χ0v) is 12.5. The molecule has 0 saturated heterocycles. The van der Waals surface area contributed by atoms with Gasteiger partial charge in [-0.05, 0) is 37.0 Å². The van der Waals surface area contributed by atoms with Gasteiger partial charge in [-0.2, -0.15) is 0 Å². The summed E-state index contributed by atoms with van der Waals surface area (Å²) in [4.78, 5) is 22.0. The third kappa shape index (κ3) is 7.97. The summed E-state index contributed by atoms with van der Waals surface area (Å²) in [5.41, 5.74) is 1.99. The van der Waals surface area contributed by atoms with E-state index in [2.05, 4.69) is 17.6 Å². The van der Waals surface area contributed by atoms with Crippen LogP contribution in [-0.4, -0.2) is 23.7 Å². The van der Waals surface area contributed by atoms with Crippen molar-refractivity contribution in [2.45, 2.75) is 45.4 Å². The molecule has 0 heterocycles. The Hall–Kier alpha value is -2.04. The quantitative estimate of drug-likeness (QED) is 0.610. The molecule has 0 spiro atoms. The highest BCUT2D eigenvalue weighted by atomic mass is 16.4. The van der Waals surface area contributed by atoms with Crippen LogP contribution in [0.1, 0.15) is 44.6 Å². The highest BCUT2D eigenvalue weighted by Gasteiger charge is 2.01. The molecule has 0 radical (unpaired) electrons. The minimum atomic E-state index is -0.748. The fraction of sp³-hybridized carbons (Fsp3) is 0.500. The molecule has 0 atom stereocenters. The molecule has 0 unspecified atom stereocenters. The summed E-state index contributed by atoms with van der Waals surface area (Å²) in [5.74, 6) is -0.748. The molecular formula is C16H24N2O3. The highest BCUT2D eigenvalue weighted by Crippen LogP contribution is 2.10. The van der Waals surface area contributed by atoms with Gasteiger partial charge in [-0.3, -0.25) is 4.79 Å². The molecule has 21 heavy (non-hydrogen) atoms. The van der Waals surface area contributed by atoms with Crippen LogP contribution in [0.25, 0.3) is 0 Å². The number of aliphatic carboxylic acids is 1. The van der Waals surface area contributed by atoms with E-state index in [0.717, 1.165) is 31.4 Å². The number of aryl methyl sites for hydroxylation is 1. The first-order chi connectivity index (χ1) is 10.1. The molecule has 116 valence electrons. The summed E-state index contributed by atoms with van der Waals surface area (Å²) in [6.45, 7) is 2.68. The van der Waals surface area contributed by atoms with Gasteiger partial charge in [0.05, 0.1) is 0 Å². The Bertz CT molecular complexity index is 461. The molecule has 0 aliphatic rings. The van der Waals surface area contributed by atoms with Gasteiger partial charge in [-0.1, -0.05) is 31.9 Å².